The summed E-state index contributed by atoms with van der Waals surface area (Å²) in [6.07, 6.45) is 7.92. The van der Waals surface area contributed by atoms with Crippen molar-refractivity contribution in [2.45, 2.75) is 82.8 Å². The van der Waals surface area contributed by atoms with Crippen molar-refractivity contribution in [2.24, 2.45) is 0 Å². The number of unbranched alkanes of at least 4 members (excludes halogenated alkanes) is 3. The third-order valence-corrected chi connectivity index (χ3v) is 13.6. The van der Waals surface area contributed by atoms with Crippen LogP contribution in [0, 0.1) is 23.7 Å². The van der Waals surface area contributed by atoms with E-state index in [0.29, 0.717) is 92.4 Å². The zero-order chi connectivity index (χ0) is 49.1. The number of hydrogen-bond acceptors (Lipinski definition) is 12. The van der Waals surface area contributed by atoms with Gasteiger partial charge in [0.25, 0.3) is 5.91 Å². The minimum Gasteiger partial charge on any atom is -0.457 e. The Kier molecular flexibility index (Phi) is 15.6. The lowest BCUT2D eigenvalue weighted by Crippen LogP contribution is -2.52. The number of aromatic nitrogens is 4. The number of nitrogen functional groups attached to an aromatic ring is 1. The van der Waals surface area contributed by atoms with Gasteiger partial charge in [0.2, 0.25) is 23.6 Å². The van der Waals surface area contributed by atoms with Crippen LogP contribution in [0.5, 0.6) is 11.5 Å². The number of piperazine rings is 1. The first kappa shape index (κ1) is 48.4. The Morgan fingerprint density at radius 1 is 0.817 bits per heavy atom. The molecule has 5 amide bonds. The van der Waals surface area contributed by atoms with Crippen molar-refractivity contribution >= 4 is 46.4 Å². The van der Waals surface area contributed by atoms with E-state index in [-0.39, 0.29) is 36.1 Å². The topological polar surface area (TPSA) is 201 Å². The zero-order valence-electron chi connectivity index (χ0n) is 39.9. The summed E-state index contributed by atoms with van der Waals surface area (Å²) in [6, 6.07) is 22.2. The molecular weight excluding hydrogens is 899 g/mol. The van der Waals surface area contributed by atoms with E-state index in [2.05, 4.69) is 54.1 Å². The largest absolute Gasteiger partial charge is 0.457 e. The summed E-state index contributed by atoms with van der Waals surface area (Å²) < 4.78 is 7.91. The molecule has 4 aliphatic heterocycles. The molecule has 0 saturated carbocycles. The fourth-order valence-corrected chi connectivity index (χ4v) is 9.68. The molecule has 0 aliphatic carbocycles. The normalized spacial score (nSPS) is 18.3. The molecule has 2 atom stereocenters. The molecule has 17 heteroatoms. The summed E-state index contributed by atoms with van der Waals surface area (Å²) in [4.78, 5) is 79.8. The highest BCUT2D eigenvalue weighted by Gasteiger charge is 2.39. The maximum absolute atomic E-state index is 13.4. The van der Waals surface area contributed by atoms with Crippen LogP contribution in [0.3, 0.4) is 0 Å². The van der Waals surface area contributed by atoms with Crippen molar-refractivity contribution in [3.8, 4) is 46.4 Å². The molecule has 2 aromatic heterocycles. The van der Waals surface area contributed by atoms with Crippen molar-refractivity contribution in [3.63, 3.8) is 0 Å². The molecule has 0 spiro atoms. The molecule has 4 N–H and O–H groups in total. The second kappa shape index (κ2) is 22.9. The van der Waals surface area contributed by atoms with Crippen molar-refractivity contribution in [1.29, 1.82) is 0 Å². The molecule has 71 heavy (non-hydrogen) atoms. The third-order valence-electron chi connectivity index (χ3n) is 13.6. The van der Waals surface area contributed by atoms with Gasteiger partial charge in [0, 0.05) is 81.8 Å². The average molecular weight is 958 g/mol. The smallest absolute Gasteiger partial charge is 0.255 e. The molecule has 5 aromatic rings. The predicted octanol–water partition coefficient (Wildman–Crippen LogP) is 4.92. The van der Waals surface area contributed by atoms with Crippen molar-refractivity contribution in [2.75, 3.05) is 64.6 Å². The molecule has 3 fully saturated rings. The van der Waals surface area contributed by atoms with Crippen molar-refractivity contribution < 1.29 is 28.7 Å². The Bertz CT molecular complexity index is 2890. The van der Waals surface area contributed by atoms with E-state index < -0.39 is 11.9 Å². The number of rotatable bonds is 15. The average Bonchev–Trinajstić information content (AvgIpc) is 3.94. The number of fused-ring (bicyclic) bond motifs is 2. The van der Waals surface area contributed by atoms with Gasteiger partial charge >= 0.3 is 0 Å². The van der Waals surface area contributed by atoms with Crippen LogP contribution in [0.15, 0.2) is 79.1 Å². The van der Waals surface area contributed by atoms with Crippen LogP contribution in [0.25, 0.3) is 22.3 Å². The van der Waals surface area contributed by atoms with Crippen LogP contribution in [-0.2, 0) is 25.7 Å². The third kappa shape index (κ3) is 12.1. The van der Waals surface area contributed by atoms with E-state index in [9.17, 15) is 24.0 Å². The lowest BCUT2D eigenvalue weighted by Gasteiger charge is -2.33. The molecule has 9 rings (SSSR count). The minimum atomic E-state index is -0.634. The van der Waals surface area contributed by atoms with Gasteiger partial charge in [-0.15, -0.1) is 0 Å². The number of anilines is 1. The van der Waals surface area contributed by atoms with Crippen LogP contribution >= 0.6 is 0 Å². The fourth-order valence-electron chi connectivity index (χ4n) is 9.68. The number of carbonyl (C=O) groups excluding carboxylic acids is 5. The van der Waals surface area contributed by atoms with Gasteiger partial charge in [-0.1, -0.05) is 54.7 Å². The molecule has 0 radical (unpaired) electrons. The quantitative estimate of drug-likeness (QED) is 0.0728. The van der Waals surface area contributed by atoms with Crippen LogP contribution < -0.4 is 21.1 Å². The molecule has 3 aromatic carbocycles. The highest BCUT2D eigenvalue weighted by atomic mass is 16.5. The van der Waals surface area contributed by atoms with Gasteiger partial charge in [0.05, 0.1) is 31.1 Å². The number of benzene rings is 3. The summed E-state index contributed by atoms with van der Waals surface area (Å²) in [5.74, 6) is 13.8. The molecule has 4 aliphatic rings. The Balaban J connectivity index is 0.634. The molecule has 1 unspecified atom stereocenters. The first-order valence-corrected chi connectivity index (χ1v) is 24.7. The number of nitrogens with zero attached hydrogens (tertiary/aromatic N) is 8. The summed E-state index contributed by atoms with van der Waals surface area (Å²) in [7, 11) is 0. The van der Waals surface area contributed by atoms with E-state index in [0.717, 1.165) is 87.1 Å². The van der Waals surface area contributed by atoms with Gasteiger partial charge < -0.3 is 25.6 Å². The number of nitrogens with two attached hydrogens (primary N) is 1. The van der Waals surface area contributed by atoms with Gasteiger partial charge in [0.15, 0.2) is 5.65 Å². The second-order valence-corrected chi connectivity index (χ2v) is 18.5. The van der Waals surface area contributed by atoms with Gasteiger partial charge in [-0.2, -0.15) is 5.10 Å². The van der Waals surface area contributed by atoms with Gasteiger partial charge in [-0.05, 0) is 92.3 Å². The van der Waals surface area contributed by atoms with Crippen molar-refractivity contribution in [1.82, 2.24) is 50.0 Å². The number of amides is 5. The molecule has 0 bridgehead atoms. The van der Waals surface area contributed by atoms with Crippen LogP contribution in [0.4, 0.5) is 5.82 Å². The predicted molar refractivity (Wildman–Crippen MR) is 267 cm³/mol. The number of ether oxygens (including phenoxy) is 1. The SMILES string of the molecule is Nc1ncnc2c1c(-c1ccc(Oc3ccccc3)cc1)nn2[C@@H]1CCCN(C(=O)CCCCCCC(=O)NCC#CCN2CCN(CC#Cc3ccc4c(c3)CN(C3CCC(=O)NC3=O)C4=O)CC2)C1. The summed E-state index contributed by atoms with van der Waals surface area (Å²) in [5.41, 5.74) is 10.9. The Hall–Kier alpha value is -7.60. The summed E-state index contributed by atoms with van der Waals surface area (Å²) in [5, 5.41) is 11.0. The molecule has 3 saturated heterocycles. The standard InChI is InChI=1S/C54H59N11O6/c55-51-49-50(39-19-21-43(22-20-39)71-42-14-4-3-5-15-42)60-65(52(49)58-37-57-51)41-13-11-29-63(36-41)48(68)17-7-2-1-6-16-46(66)56-26-8-9-27-61-30-32-62(33-31-61)28-10-12-38-18-23-44-40(34-38)35-64(54(44)70)45-24-25-47(67)59-53(45)69/h3-5,14-15,18-23,34,37,41,45H,1-2,6-7,11,13,16-17,24-33,35-36H2,(H,56,66)(H2,55,57,58)(H,59,67,69)/t41-,45?/m1/s1. The Labute approximate surface area is 413 Å². The van der Waals surface area contributed by atoms with Crippen LogP contribution in [0.2, 0.25) is 0 Å². The van der Waals surface area contributed by atoms with Gasteiger partial charge in [-0.25, -0.2) is 14.6 Å². The van der Waals surface area contributed by atoms with E-state index >= 15 is 0 Å². The lowest BCUT2D eigenvalue weighted by molar-refractivity contribution is -0.137. The van der Waals surface area contributed by atoms with Gasteiger partial charge in [-0.3, -0.25) is 39.1 Å². The van der Waals surface area contributed by atoms with Gasteiger partial charge in [0.1, 0.15) is 35.4 Å². The first-order chi connectivity index (χ1) is 34.7. The highest BCUT2D eigenvalue weighted by molar-refractivity contribution is 6.05. The molecule has 366 valence electrons. The molecular formula is C54H59N11O6. The second-order valence-electron chi connectivity index (χ2n) is 18.5. The number of imide groups is 1. The monoisotopic (exact) mass is 957 g/mol. The van der Waals surface area contributed by atoms with Crippen molar-refractivity contribution in [3.05, 3.63) is 95.8 Å². The number of carbonyl (C=O) groups is 5. The zero-order valence-corrected chi connectivity index (χ0v) is 39.9. The fraction of sp³-hybridized carbons (Fsp3) is 0.407. The van der Waals surface area contributed by atoms with E-state index in [1.54, 1.807) is 11.0 Å². The molecule has 17 nitrogen and oxygen atoms in total. The van der Waals surface area contributed by atoms with E-state index in [4.69, 9.17) is 15.6 Å². The minimum absolute atomic E-state index is 0.0116. The van der Waals surface area contributed by atoms with Crippen LogP contribution in [0.1, 0.15) is 91.7 Å². The van der Waals surface area contributed by atoms with Crippen LogP contribution in [-0.4, -0.2) is 134 Å². The Morgan fingerprint density at radius 3 is 2.34 bits per heavy atom. The van der Waals surface area contributed by atoms with E-state index in [1.165, 1.54) is 6.33 Å². The lowest BCUT2D eigenvalue weighted by atomic mass is 10.0. The molecule has 6 heterocycles. The number of likely N-dealkylation sites (tertiary alicyclic amines) is 1. The maximum atomic E-state index is 13.4. The summed E-state index contributed by atoms with van der Waals surface area (Å²) >= 11 is 0. The Morgan fingerprint density at radius 2 is 1.56 bits per heavy atom. The maximum Gasteiger partial charge on any atom is 0.255 e. The number of para-hydroxylation sites is 1. The first-order valence-electron chi connectivity index (χ1n) is 24.7. The number of piperidine rings is 2. The summed E-state index contributed by atoms with van der Waals surface area (Å²) in [6.45, 7) is 6.68. The highest BCUT2D eigenvalue weighted by Crippen LogP contribution is 2.35. The number of nitrogens with one attached hydrogen (secondary N) is 2. The number of hydrogen-bond donors (Lipinski definition) is 3. The van der Waals surface area contributed by atoms with E-state index in [1.807, 2.05) is 76.3 Å².